The number of hydrogen-bond acceptors (Lipinski definition) is 3. The van der Waals surface area contributed by atoms with Crippen LogP contribution >= 0.6 is 0 Å². The van der Waals surface area contributed by atoms with Gasteiger partial charge in [0.2, 0.25) is 0 Å². The minimum absolute atomic E-state index is 0.194. The summed E-state index contributed by atoms with van der Waals surface area (Å²) in [6.07, 6.45) is 1.46. The molecule has 0 spiro atoms. The van der Waals surface area contributed by atoms with Gasteiger partial charge in [0, 0.05) is 39.8 Å². The molecule has 0 saturated carbocycles. The van der Waals surface area contributed by atoms with Gasteiger partial charge >= 0.3 is 6.09 Å². The van der Waals surface area contributed by atoms with Crippen LogP contribution in [0.25, 0.3) is 0 Å². The summed E-state index contributed by atoms with van der Waals surface area (Å²) in [6.45, 7) is 5.68. The molecule has 2 rings (SSSR count). The number of carbonyl (C=O) groups excluding carboxylic acids is 1. The highest BCUT2D eigenvalue weighted by atomic mass is 19.1. The average Bonchev–Trinajstić information content (AvgIpc) is 2.62. The molecule has 1 aromatic carbocycles. The number of nitrogens with one attached hydrogen (secondary N) is 1. The Kier molecular flexibility index (Phi) is 7.50. The number of guanidine groups is 1. The van der Waals surface area contributed by atoms with E-state index in [4.69, 9.17) is 4.74 Å². The number of benzene rings is 1. The van der Waals surface area contributed by atoms with E-state index in [1.165, 1.54) is 6.07 Å². The SMILES string of the molecule is CCOC(=O)N1CCN(C(=NC)NCCCc2cccc(F)c2)CC1. The Bertz CT molecular complexity index is 586. The lowest BCUT2D eigenvalue weighted by molar-refractivity contribution is 0.0914. The van der Waals surface area contributed by atoms with Crippen LogP contribution < -0.4 is 5.32 Å². The highest BCUT2D eigenvalue weighted by molar-refractivity contribution is 5.80. The molecule has 1 aliphatic heterocycles. The molecule has 6 nitrogen and oxygen atoms in total. The third-order valence-corrected chi connectivity index (χ3v) is 4.13. The van der Waals surface area contributed by atoms with Crippen molar-refractivity contribution >= 4 is 12.1 Å². The first kappa shape index (κ1) is 19.0. The van der Waals surface area contributed by atoms with Crippen molar-refractivity contribution in [2.24, 2.45) is 4.99 Å². The van der Waals surface area contributed by atoms with E-state index in [1.807, 2.05) is 13.0 Å². The smallest absolute Gasteiger partial charge is 0.409 e. The molecule has 1 amide bonds. The van der Waals surface area contributed by atoms with Crippen molar-refractivity contribution in [3.63, 3.8) is 0 Å². The Hall–Kier alpha value is -2.31. The van der Waals surface area contributed by atoms with Crippen molar-refractivity contribution in [1.82, 2.24) is 15.1 Å². The van der Waals surface area contributed by atoms with Crippen molar-refractivity contribution in [2.75, 3.05) is 46.4 Å². The van der Waals surface area contributed by atoms with Gasteiger partial charge in [0.1, 0.15) is 5.82 Å². The molecule has 138 valence electrons. The summed E-state index contributed by atoms with van der Waals surface area (Å²) in [4.78, 5) is 19.9. The number of hydrogen-bond donors (Lipinski definition) is 1. The lowest BCUT2D eigenvalue weighted by Gasteiger charge is -2.35. The van der Waals surface area contributed by atoms with E-state index in [2.05, 4.69) is 15.2 Å². The van der Waals surface area contributed by atoms with Crippen molar-refractivity contribution in [3.8, 4) is 0 Å². The Morgan fingerprint density at radius 3 is 2.64 bits per heavy atom. The number of aliphatic imine (C=N–C) groups is 1. The number of amides is 1. The third-order valence-electron chi connectivity index (χ3n) is 4.13. The summed E-state index contributed by atoms with van der Waals surface area (Å²) in [5.41, 5.74) is 1.000. The fourth-order valence-electron chi connectivity index (χ4n) is 2.83. The van der Waals surface area contributed by atoms with Gasteiger partial charge in [-0.1, -0.05) is 12.1 Å². The highest BCUT2D eigenvalue weighted by Crippen LogP contribution is 2.07. The number of halogens is 1. The van der Waals surface area contributed by atoms with E-state index in [1.54, 1.807) is 24.1 Å². The maximum Gasteiger partial charge on any atom is 0.409 e. The Morgan fingerprint density at radius 2 is 2.00 bits per heavy atom. The minimum Gasteiger partial charge on any atom is -0.450 e. The highest BCUT2D eigenvalue weighted by Gasteiger charge is 2.23. The minimum atomic E-state index is -0.250. The molecule has 7 heteroatoms. The van der Waals surface area contributed by atoms with Gasteiger partial charge in [-0.3, -0.25) is 4.99 Å². The van der Waals surface area contributed by atoms with Crippen LogP contribution in [0.4, 0.5) is 9.18 Å². The molecule has 1 fully saturated rings. The molecule has 1 saturated heterocycles. The van der Waals surface area contributed by atoms with Gasteiger partial charge < -0.3 is 19.9 Å². The predicted molar refractivity (Wildman–Crippen MR) is 96.3 cm³/mol. The largest absolute Gasteiger partial charge is 0.450 e. The molecule has 1 aliphatic rings. The zero-order valence-corrected chi connectivity index (χ0v) is 15.0. The molecule has 25 heavy (non-hydrogen) atoms. The number of ether oxygens (including phenoxy) is 1. The monoisotopic (exact) mass is 350 g/mol. The standard InChI is InChI=1S/C18H27FN4O2/c1-3-25-18(24)23-12-10-22(11-13-23)17(20-2)21-9-5-7-15-6-4-8-16(19)14-15/h4,6,8,14H,3,5,7,9-13H2,1-2H3,(H,20,21). The Balaban J connectivity index is 1.71. The zero-order chi connectivity index (χ0) is 18.1. The molecule has 1 N–H and O–H groups in total. The van der Waals surface area contributed by atoms with Gasteiger partial charge in [-0.15, -0.1) is 0 Å². The van der Waals surface area contributed by atoms with E-state index in [0.29, 0.717) is 19.7 Å². The van der Waals surface area contributed by atoms with Crippen molar-refractivity contribution < 1.29 is 13.9 Å². The van der Waals surface area contributed by atoms with Gasteiger partial charge in [0.05, 0.1) is 6.61 Å². The molecule has 0 unspecified atom stereocenters. The lowest BCUT2D eigenvalue weighted by Crippen LogP contribution is -2.54. The van der Waals surface area contributed by atoms with Crippen molar-refractivity contribution in [2.45, 2.75) is 19.8 Å². The molecule has 1 aromatic rings. The van der Waals surface area contributed by atoms with Crippen molar-refractivity contribution in [3.05, 3.63) is 35.6 Å². The summed E-state index contributed by atoms with van der Waals surface area (Å²) in [5, 5.41) is 3.34. The summed E-state index contributed by atoms with van der Waals surface area (Å²) >= 11 is 0. The number of rotatable bonds is 5. The second kappa shape index (κ2) is 9.86. The molecule has 0 aromatic heterocycles. The number of carbonyl (C=O) groups is 1. The summed E-state index contributed by atoms with van der Waals surface area (Å²) in [6, 6.07) is 6.70. The van der Waals surface area contributed by atoms with Crippen LogP contribution in [0.2, 0.25) is 0 Å². The first-order valence-electron chi connectivity index (χ1n) is 8.75. The van der Waals surface area contributed by atoms with Crippen molar-refractivity contribution in [1.29, 1.82) is 0 Å². The molecule has 0 atom stereocenters. The van der Waals surface area contributed by atoms with Gasteiger partial charge in [-0.2, -0.15) is 0 Å². The van der Waals surface area contributed by atoms with Gasteiger partial charge in [0.15, 0.2) is 5.96 Å². The Morgan fingerprint density at radius 1 is 1.28 bits per heavy atom. The fourth-order valence-corrected chi connectivity index (χ4v) is 2.83. The van der Waals surface area contributed by atoms with Gasteiger partial charge in [-0.05, 0) is 37.5 Å². The molecule has 0 aliphatic carbocycles. The predicted octanol–water partition coefficient (Wildman–Crippen LogP) is 2.11. The lowest BCUT2D eigenvalue weighted by atomic mass is 10.1. The van der Waals surface area contributed by atoms with Crippen LogP contribution in [0.5, 0.6) is 0 Å². The number of piperazine rings is 1. The quantitative estimate of drug-likeness (QED) is 0.502. The van der Waals surface area contributed by atoms with Crippen LogP contribution in [0.3, 0.4) is 0 Å². The third kappa shape index (κ3) is 5.92. The van der Waals surface area contributed by atoms with Crippen LogP contribution in [0, 0.1) is 5.82 Å². The van der Waals surface area contributed by atoms with E-state index in [0.717, 1.165) is 44.0 Å². The molecular formula is C18H27FN4O2. The topological polar surface area (TPSA) is 57.2 Å². The number of aryl methyl sites for hydroxylation is 1. The van der Waals surface area contributed by atoms with Crippen LogP contribution in [0.1, 0.15) is 18.9 Å². The van der Waals surface area contributed by atoms with E-state index in [9.17, 15) is 9.18 Å². The maximum absolute atomic E-state index is 13.2. The zero-order valence-electron chi connectivity index (χ0n) is 15.0. The summed E-state index contributed by atoms with van der Waals surface area (Å²) < 4.78 is 18.2. The molecule has 1 heterocycles. The Labute approximate surface area is 148 Å². The second-order valence-corrected chi connectivity index (χ2v) is 5.88. The van der Waals surface area contributed by atoms with Gasteiger partial charge in [-0.25, -0.2) is 9.18 Å². The first-order chi connectivity index (χ1) is 12.1. The van der Waals surface area contributed by atoms with Crippen LogP contribution in [-0.4, -0.2) is 68.2 Å². The van der Waals surface area contributed by atoms with E-state index in [-0.39, 0.29) is 11.9 Å². The van der Waals surface area contributed by atoms with E-state index < -0.39 is 0 Å². The van der Waals surface area contributed by atoms with Gasteiger partial charge in [0.25, 0.3) is 0 Å². The van der Waals surface area contributed by atoms with E-state index >= 15 is 0 Å². The fraction of sp³-hybridized carbons (Fsp3) is 0.556. The first-order valence-corrected chi connectivity index (χ1v) is 8.75. The normalized spacial score (nSPS) is 15.2. The van der Waals surface area contributed by atoms with Crippen LogP contribution in [0.15, 0.2) is 29.3 Å². The second-order valence-electron chi connectivity index (χ2n) is 5.88. The number of nitrogens with zero attached hydrogens (tertiary/aromatic N) is 3. The summed E-state index contributed by atoms with van der Waals surface area (Å²) in [5.74, 6) is 0.642. The molecule has 0 radical (unpaired) electrons. The van der Waals surface area contributed by atoms with Crippen LogP contribution in [-0.2, 0) is 11.2 Å². The molecule has 0 bridgehead atoms. The maximum atomic E-state index is 13.2. The summed E-state index contributed by atoms with van der Waals surface area (Å²) in [7, 11) is 1.76. The molecular weight excluding hydrogens is 323 g/mol. The average molecular weight is 350 g/mol.